The van der Waals surface area contributed by atoms with E-state index in [4.69, 9.17) is 5.11 Å². The monoisotopic (exact) mass is 334 g/mol. The zero-order valence-electron chi connectivity index (χ0n) is 12.8. The molecule has 1 aliphatic rings. The molecule has 5 nitrogen and oxygen atoms in total. The number of rotatable bonds is 8. The van der Waals surface area contributed by atoms with Crippen molar-refractivity contribution in [3.8, 4) is 0 Å². The minimum atomic E-state index is -0.976. The highest BCUT2D eigenvalue weighted by Gasteiger charge is 2.31. The largest absolute Gasteiger partial charge is 0.480 e. The fraction of sp³-hybridized carbons (Fsp3) is 0.857. The van der Waals surface area contributed by atoms with Crippen LogP contribution in [0.5, 0.6) is 0 Å². The van der Waals surface area contributed by atoms with E-state index in [0.29, 0.717) is 18.7 Å². The van der Waals surface area contributed by atoms with Crippen molar-refractivity contribution >= 4 is 35.5 Å². The zero-order chi connectivity index (χ0) is 15.7. The molecule has 0 heterocycles. The Labute approximate surface area is 135 Å². The SMILES string of the molecule is CSCC[C@H](NC(=O)NCC1(SC)CCCCC1)C(=O)O. The van der Waals surface area contributed by atoms with Crippen molar-refractivity contribution in [2.75, 3.05) is 24.8 Å². The lowest BCUT2D eigenvalue weighted by molar-refractivity contribution is -0.139. The maximum absolute atomic E-state index is 11.9. The number of carboxylic acids is 1. The first-order valence-electron chi connectivity index (χ1n) is 7.34. The van der Waals surface area contributed by atoms with E-state index in [1.54, 1.807) is 11.8 Å². The molecular weight excluding hydrogens is 308 g/mol. The zero-order valence-corrected chi connectivity index (χ0v) is 14.4. The number of amides is 2. The van der Waals surface area contributed by atoms with Crippen molar-refractivity contribution in [2.24, 2.45) is 0 Å². The maximum atomic E-state index is 11.9. The first-order chi connectivity index (χ1) is 10.0. The highest BCUT2D eigenvalue weighted by atomic mass is 32.2. The average molecular weight is 335 g/mol. The molecule has 1 atom stereocenters. The van der Waals surface area contributed by atoms with E-state index in [0.717, 1.165) is 12.8 Å². The van der Waals surface area contributed by atoms with Crippen molar-refractivity contribution < 1.29 is 14.7 Å². The Bertz CT molecular complexity index is 347. The summed E-state index contributed by atoms with van der Waals surface area (Å²) in [5, 5.41) is 14.5. The lowest BCUT2D eigenvalue weighted by atomic mass is 9.88. The standard InChI is InChI=1S/C14H26N2O3S2/c1-20-9-6-11(12(17)18)16-13(19)15-10-14(21-2)7-4-3-5-8-14/h11H,3-10H2,1-2H3,(H,17,18)(H2,15,16,19)/t11-/m0/s1. The van der Waals surface area contributed by atoms with Crippen LogP contribution in [0.3, 0.4) is 0 Å². The molecule has 0 unspecified atom stereocenters. The number of aliphatic carboxylic acids is 1. The fourth-order valence-corrected chi connectivity index (χ4v) is 3.98. The minimum Gasteiger partial charge on any atom is -0.480 e. The van der Waals surface area contributed by atoms with Crippen molar-refractivity contribution in [1.29, 1.82) is 0 Å². The summed E-state index contributed by atoms with van der Waals surface area (Å²) < 4.78 is 0.119. The van der Waals surface area contributed by atoms with Gasteiger partial charge in [0.15, 0.2) is 0 Å². The van der Waals surface area contributed by atoms with E-state index in [-0.39, 0.29) is 10.8 Å². The van der Waals surface area contributed by atoms with Gasteiger partial charge in [0.1, 0.15) is 6.04 Å². The van der Waals surface area contributed by atoms with E-state index in [1.165, 1.54) is 19.3 Å². The van der Waals surface area contributed by atoms with Gasteiger partial charge in [-0.2, -0.15) is 23.5 Å². The van der Waals surface area contributed by atoms with Crippen LogP contribution in [0.4, 0.5) is 4.79 Å². The highest BCUT2D eigenvalue weighted by molar-refractivity contribution is 8.00. The van der Waals surface area contributed by atoms with Gasteiger partial charge in [-0.05, 0) is 37.5 Å². The van der Waals surface area contributed by atoms with E-state index < -0.39 is 12.0 Å². The quantitative estimate of drug-likeness (QED) is 0.636. The van der Waals surface area contributed by atoms with Crippen molar-refractivity contribution in [3.63, 3.8) is 0 Å². The number of hydrogen-bond donors (Lipinski definition) is 3. The Morgan fingerprint density at radius 1 is 1.24 bits per heavy atom. The summed E-state index contributed by atoms with van der Waals surface area (Å²) in [6, 6.07) is -1.18. The van der Waals surface area contributed by atoms with Gasteiger partial charge in [-0.15, -0.1) is 0 Å². The Balaban J connectivity index is 2.42. The van der Waals surface area contributed by atoms with Gasteiger partial charge < -0.3 is 15.7 Å². The molecule has 2 amide bonds. The van der Waals surface area contributed by atoms with E-state index >= 15 is 0 Å². The van der Waals surface area contributed by atoms with Gasteiger partial charge in [-0.1, -0.05) is 19.3 Å². The van der Waals surface area contributed by atoms with Crippen LogP contribution in [0.25, 0.3) is 0 Å². The predicted octanol–water partition coefficient (Wildman–Crippen LogP) is 2.56. The first-order valence-corrected chi connectivity index (χ1v) is 9.96. The summed E-state index contributed by atoms with van der Waals surface area (Å²) >= 11 is 3.39. The number of carbonyl (C=O) groups excluding carboxylic acids is 1. The molecule has 1 saturated carbocycles. The smallest absolute Gasteiger partial charge is 0.326 e. The van der Waals surface area contributed by atoms with E-state index in [9.17, 15) is 9.59 Å². The number of nitrogens with one attached hydrogen (secondary N) is 2. The average Bonchev–Trinajstić information content (AvgIpc) is 2.50. The summed E-state index contributed by atoms with van der Waals surface area (Å²) in [5.74, 6) is -0.261. The predicted molar refractivity (Wildman–Crippen MR) is 90.3 cm³/mol. The third-order valence-electron chi connectivity index (χ3n) is 3.98. The molecule has 0 saturated heterocycles. The molecule has 0 aliphatic heterocycles. The minimum absolute atomic E-state index is 0.119. The van der Waals surface area contributed by atoms with Gasteiger partial charge >= 0.3 is 12.0 Å². The van der Waals surface area contributed by atoms with Crippen LogP contribution >= 0.6 is 23.5 Å². The normalized spacial score (nSPS) is 18.8. The van der Waals surface area contributed by atoms with Crippen molar-refractivity contribution in [2.45, 2.75) is 49.3 Å². The van der Waals surface area contributed by atoms with Crippen LogP contribution in [0.2, 0.25) is 0 Å². The number of thioether (sulfide) groups is 2. The fourth-order valence-electron chi connectivity index (χ4n) is 2.59. The van der Waals surface area contributed by atoms with Gasteiger partial charge in [-0.25, -0.2) is 9.59 Å². The molecule has 0 aromatic carbocycles. The maximum Gasteiger partial charge on any atom is 0.326 e. The molecule has 0 radical (unpaired) electrons. The Hall–Kier alpha value is -0.560. The Kier molecular flexibility index (Phi) is 8.33. The lowest BCUT2D eigenvalue weighted by Crippen LogP contribution is -2.50. The van der Waals surface area contributed by atoms with Gasteiger partial charge in [0.25, 0.3) is 0 Å². The van der Waals surface area contributed by atoms with Crippen molar-refractivity contribution in [1.82, 2.24) is 10.6 Å². The number of hydrogen-bond acceptors (Lipinski definition) is 4. The Morgan fingerprint density at radius 2 is 1.90 bits per heavy atom. The van der Waals surface area contributed by atoms with Crippen LogP contribution in [-0.2, 0) is 4.79 Å². The summed E-state index contributed by atoms with van der Waals surface area (Å²) in [7, 11) is 0. The van der Waals surface area contributed by atoms with Crippen LogP contribution in [0.1, 0.15) is 38.5 Å². The second-order valence-corrected chi connectivity index (χ2v) is 7.71. The molecule has 3 N–H and O–H groups in total. The summed E-state index contributed by atoms with van der Waals surface area (Å²) in [5.41, 5.74) is 0. The van der Waals surface area contributed by atoms with E-state index in [2.05, 4.69) is 16.9 Å². The summed E-state index contributed by atoms with van der Waals surface area (Å²) in [6.07, 6.45) is 10.4. The third-order valence-corrected chi connectivity index (χ3v) is 6.05. The van der Waals surface area contributed by atoms with Gasteiger partial charge in [0.05, 0.1) is 0 Å². The summed E-state index contributed by atoms with van der Waals surface area (Å²) in [4.78, 5) is 23.0. The number of urea groups is 1. The van der Waals surface area contributed by atoms with Crippen LogP contribution in [-0.4, -0.2) is 52.7 Å². The highest BCUT2D eigenvalue weighted by Crippen LogP contribution is 2.37. The molecule has 21 heavy (non-hydrogen) atoms. The molecular formula is C14H26N2O3S2. The lowest BCUT2D eigenvalue weighted by Gasteiger charge is -2.35. The summed E-state index contributed by atoms with van der Waals surface area (Å²) in [6.45, 7) is 0.606. The molecule has 7 heteroatoms. The molecule has 0 bridgehead atoms. The van der Waals surface area contributed by atoms with E-state index in [1.807, 2.05) is 18.0 Å². The number of carbonyl (C=O) groups is 2. The van der Waals surface area contributed by atoms with Gasteiger partial charge in [-0.3, -0.25) is 0 Å². The van der Waals surface area contributed by atoms with Crippen LogP contribution < -0.4 is 10.6 Å². The van der Waals surface area contributed by atoms with Crippen molar-refractivity contribution in [3.05, 3.63) is 0 Å². The molecule has 1 aliphatic carbocycles. The number of carboxylic acid groups (broad SMARTS) is 1. The van der Waals surface area contributed by atoms with Gasteiger partial charge in [0.2, 0.25) is 0 Å². The molecule has 1 fully saturated rings. The second-order valence-electron chi connectivity index (χ2n) is 5.45. The Morgan fingerprint density at radius 3 is 2.43 bits per heavy atom. The van der Waals surface area contributed by atoms with Gasteiger partial charge in [0, 0.05) is 11.3 Å². The first kappa shape index (κ1) is 18.5. The molecule has 1 rings (SSSR count). The third kappa shape index (κ3) is 6.38. The molecule has 0 aromatic heterocycles. The van der Waals surface area contributed by atoms with Crippen LogP contribution in [0, 0.1) is 0 Å². The second kappa shape index (κ2) is 9.46. The molecule has 122 valence electrons. The van der Waals surface area contributed by atoms with Crippen LogP contribution in [0.15, 0.2) is 0 Å². The molecule has 0 spiro atoms. The molecule has 0 aromatic rings. The topological polar surface area (TPSA) is 78.4 Å².